The molecule has 21 heavy (non-hydrogen) atoms. The summed E-state index contributed by atoms with van der Waals surface area (Å²) >= 11 is 0. The molecule has 1 saturated carbocycles. The summed E-state index contributed by atoms with van der Waals surface area (Å²) in [4.78, 5) is 2.69. The molecule has 0 aromatic heterocycles. The molecule has 0 amide bonds. The van der Waals surface area contributed by atoms with Crippen molar-refractivity contribution in [3.8, 4) is 0 Å². The van der Waals surface area contributed by atoms with Crippen LogP contribution in [-0.4, -0.2) is 43.3 Å². The average Bonchev–Trinajstić information content (AvgIpc) is 3.25. The Balaban J connectivity index is 1.52. The molecule has 0 spiro atoms. The predicted octanol–water partition coefficient (Wildman–Crippen LogP) is 2.37. The molecule has 0 bridgehead atoms. The first-order valence-corrected chi connectivity index (χ1v) is 8.42. The van der Waals surface area contributed by atoms with E-state index in [0.717, 1.165) is 32.2 Å². The zero-order valence-corrected chi connectivity index (χ0v) is 12.9. The molecule has 3 aliphatic rings. The molecular weight excluding hydrogens is 260 g/mol. The first-order valence-electron chi connectivity index (χ1n) is 8.42. The van der Waals surface area contributed by atoms with E-state index < -0.39 is 0 Å². The quantitative estimate of drug-likeness (QED) is 0.923. The standard InChI is InChI=1S/C18H26N2O/c1-18(15-5-3-2-4-6-15)13-20(11-10-19-18)16-9-12-21-17(16)14-7-8-14/h2-6,14,16-17,19H,7-13H2,1H3. The highest BCUT2D eigenvalue weighted by atomic mass is 16.5. The van der Waals surface area contributed by atoms with E-state index in [1.54, 1.807) is 0 Å². The monoisotopic (exact) mass is 286 g/mol. The summed E-state index contributed by atoms with van der Waals surface area (Å²) in [5, 5.41) is 3.74. The van der Waals surface area contributed by atoms with Crippen LogP contribution in [0.3, 0.4) is 0 Å². The lowest BCUT2D eigenvalue weighted by Crippen LogP contribution is -2.60. The van der Waals surface area contributed by atoms with Crippen molar-refractivity contribution in [2.75, 3.05) is 26.2 Å². The van der Waals surface area contributed by atoms with Gasteiger partial charge in [-0.25, -0.2) is 0 Å². The molecule has 2 aliphatic heterocycles. The fourth-order valence-corrected chi connectivity index (χ4v) is 4.16. The molecule has 1 aliphatic carbocycles. The van der Waals surface area contributed by atoms with Crippen LogP contribution in [0.4, 0.5) is 0 Å². The van der Waals surface area contributed by atoms with Crippen molar-refractivity contribution >= 4 is 0 Å². The van der Waals surface area contributed by atoms with Gasteiger partial charge in [0, 0.05) is 32.3 Å². The predicted molar refractivity (Wildman–Crippen MR) is 84.2 cm³/mol. The van der Waals surface area contributed by atoms with Crippen molar-refractivity contribution in [2.45, 2.75) is 43.9 Å². The SMILES string of the molecule is CC1(c2ccccc2)CN(C2CCOC2C2CC2)CCN1. The number of nitrogens with one attached hydrogen (secondary N) is 1. The minimum atomic E-state index is 0.0657. The van der Waals surface area contributed by atoms with Gasteiger partial charge in [-0.3, -0.25) is 4.90 Å². The second-order valence-electron chi connectivity index (χ2n) is 7.12. The Morgan fingerprint density at radius 2 is 2.00 bits per heavy atom. The van der Waals surface area contributed by atoms with E-state index >= 15 is 0 Å². The molecule has 3 unspecified atom stereocenters. The molecule has 1 aromatic carbocycles. The Hall–Kier alpha value is -0.900. The summed E-state index contributed by atoms with van der Waals surface area (Å²) in [6.07, 6.45) is 4.47. The highest BCUT2D eigenvalue weighted by Gasteiger charge is 2.45. The van der Waals surface area contributed by atoms with Crippen LogP contribution in [0.25, 0.3) is 0 Å². The number of nitrogens with zero attached hydrogens (tertiary/aromatic N) is 1. The molecule has 0 radical (unpaired) electrons. The first kappa shape index (κ1) is 13.7. The van der Waals surface area contributed by atoms with Gasteiger partial charge in [0.15, 0.2) is 0 Å². The van der Waals surface area contributed by atoms with E-state index in [1.807, 2.05) is 0 Å². The lowest BCUT2D eigenvalue weighted by Gasteiger charge is -2.45. The van der Waals surface area contributed by atoms with Crippen LogP contribution in [0.1, 0.15) is 31.7 Å². The van der Waals surface area contributed by atoms with Crippen molar-refractivity contribution < 1.29 is 4.74 Å². The lowest BCUT2D eigenvalue weighted by molar-refractivity contribution is 0.0233. The van der Waals surface area contributed by atoms with Crippen LogP contribution >= 0.6 is 0 Å². The third-order valence-corrected chi connectivity index (χ3v) is 5.50. The Morgan fingerprint density at radius 3 is 2.76 bits per heavy atom. The van der Waals surface area contributed by atoms with Crippen molar-refractivity contribution in [1.29, 1.82) is 0 Å². The fourth-order valence-electron chi connectivity index (χ4n) is 4.16. The number of rotatable bonds is 3. The first-order chi connectivity index (χ1) is 10.3. The Labute approximate surface area is 127 Å². The van der Waals surface area contributed by atoms with Gasteiger partial charge >= 0.3 is 0 Å². The van der Waals surface area contributed by atoms with Crippen LogP contribution in [0.2, 0.25) is 0 Å². The Morgan fingerprint density at radius 1 is 1.19 bits per heavy atom. The largest absolute Gasteiger partial charge is 0.376 e. The van der Waals surface area contributed by atoms with Gasteiger partial charge in [-0.2, -0.15) is 0 Å². The number of piperazine rings is 1. The van der Waals surface area contributed by atoms with Gasteiger partial charge in [0.05, 0.1) is 11.6 Å². The molecular formula is C18H26N2O. The Kier molecular flexibility index (Phi) is 3.52. The van der Waals surface area contributed by atoms with Crippen LogP contribution in [0.15, 0.2) is 30.3 Å². The maximum atomic E-state index is 6.05. The number of hydrogen-bond acceptors (Lipinski definition) is 3. The van der Waals surface area contributed by atoms with Gasteiger partial charge in [0.1, 0.15) is 0 Å². The molecule has 114 valence electrons. The molecule has 3 nitrogen and oxygen atoms in total. The molecule has 2 saturated heterocycles. The Bertz CT molecular complexity index is 487. The van der Waals surface area contributed by atoms with Crippen molar-refractivity contribution in [3.63, 3.8) is 0 Å². The highest BCUT2D eigenvalue weighted by Crippen LogP contribution is 2.41. The van der Waals surface area contributed by atoms with E-state index in [2.05, 4.69) is 47.5 Å². The molecule has 3 heteroatoms. The number of benzene rings is 1. The molecule has 3 atom stereocenters. The van der Waals surface area contributed by atoms with Gasteiger partial charge in [0.2, 0.25) is 0 Å². The van der Waals surface area contributed by atoms with Crippen molar-refractivity contribution in [2.24, 2.45) is 5.92 Å². The molecule has 2 heterocycles. The summed E-state index contributed by atoms with van der Waals surface area (Å²) in [5.74, 6) is 0.843. The molecule has 1 aromatic rings. The van der Waals surface area contributed by atoms with Gasteiger partial charge in [-0.05, 0) is 37.7 Å². The van der Waals surface area contributed by atoms with Crippen molar-refractivity contribution in [1.82, 2.24) is 10.2 Å². The summed E-state index contributed by atoms with van der Waals surface area (Å²) in [6, 6.07) is 11.5. The fraction of sp³-hybridized carbons (Fsp3) is 0.667. The highest BCUT2D eigenvalue weighted by molar-refractivity contribution is 5.25. The summed E-state index contributed by atoms with van der Waals surface area (Å²) in [7, 11) is 0. The van der Waals surface area contributed by atoms with Crippen LogP contribution in [0, 0.1) is 5.92 Å². The number of hydrogen-bond donors (Lipinski definition) is 1. The second-order valence-corrected chi connectivity index (χ2v) is 7.12. The maximum Gasteiger partial charge on any atom is 0.0759 e. The molecule has 1 N–H and O–H groups in total. The summed E-state index contributed by atoms with van der Waals surface area (Å²) in [6.45, 7) is 6.61. The molecule has 4 rings (SSSR count). The van der Waals surface area contributed by atoms with E-state index in [-0.39, 0.29) is 5.54 Å². The van der Waals surface area contributed by atoms with Gasteiger partial charge in [-0.1, -0.05) is 30.3 Å². The topological polar surface area (TPSA) is 24.5 Å². The normalized spacial score (nSPS) is 37.8. The minimum absolute atomic E-state index is 0.0657. The summed E-state index contributed by atoms with van der Waals surface area (Å²) < 4.78 is 6.05. The third-order valence-electron chi connectivity index (χ3n) is 5.50. The zero-order chi connectivity index (χ0) is 14.3. The third kappa shape index (κ3) is 2.63. The average molecular weight is 286 g/mol. The zero-order valence-electron chi connectivity index (χ0n) is 12.9. The van der Waals surface area contributed by atoms with Gasteiger partial charge in [-0.15, -0.1) is 0 Å². The van der Waals surface area contributed by atoms with E-state index in [1.165, 1.54) is 24.8 Å². The lowest BCUT2D eigenvalue weighted by atomic mass is 9.88. The van der Waals surface area contributed by atoms with Crippen LogP contribution in [0.5, 0.6) is 0 Å². The van der Waals surface area contributed by atoms with Crippen LogP contribution in [-0.2, 0) is 10.3 Å². The van der Waals surface area contributed by atoms with Gasteiger partial charge in [0.25, 0.3) is 0 Å². The maximum absolute atomic E-state index is 6.05. The van der Waals surface area contributed by atoms with Crippen molar-refractivity contribution in [3.05, 3.63) is 35.9 Å². The van der Waals surface area contributed by atoms with E-state index in [4.69, 9.17) is 4.74 Å². The number of ether oxygens (including phenoxy) is 1. The molecule has 3 fully saturated rings. The van der Waals surface area contributed by atoms with E-state index in [0.29, 0.717) is 12.1 Å². The second kappa shape index (κ2) is 5.38. The van der Waals surface area contributed by atoms with E-state index in [9.17, 15) is 0 Å². The van der Waals surface area contributed by atoms with Crippen LogP contribution < -0.4 is 5.32 Å². The van der Waals surface area contributed by atoms with Gasteiger partial charge < -0.3 is 10.1 Å². The minimum Gasteiger partial charge on any atom is -0.376 e. The summed E-state index contributed by atoms with van der Waals surface area (Å²) in [5.41, 5.74) is 1.47. The smallest absolute Gasteiger partial charge is 0.0759 e.